The SMILES string of the molecule is C1CC[SiH2]OC1.[SiH3]O[SiH2]O[SiH2]O[SiH3].[SiH3]O[SiH2]O[SiH3]. The molecule has 0 aromatic heterocycles. The van der Waals surface area contributed by atoms with E-state index in [0.29, 0.717) is 0 Å². The highest BCUT2D eigenvalue weighted by molar-refractivity contribution is 6.40. The van der Waals surface area contributed by atoms with Crippen molar-refractivity contribution in [2.24, 2.45) is 0 Å². The molecule has 0 aromatic rings. The highest BCUT2D eigenvalue weighted by Gasteiger charge is 1.96. The summed E-state index contributed by atoms with van der Waals surface area (Å²) in [5.74, 6) is 0. The molecule has 0 unspecified atom stereocenters. The average Bonchev–Trinajstić information content (AvgIpc) is 2.44. The lowest BCUT2D eigenvalue weighted by molar-refractivity contribution is 0.304. The van der Waals surface area contributed by atoms with Crippen LogP contribution in [0.5, 0.6) is 0 Å². The van der Waals surface area contributed by atoms with Gasteiger partial charge in [0, 0.05) is 6.61 Å². The van der Waals surface area contributed by atoms with E-state index in [9.17, 15) is 0 Å². The van der Waals surface area contributed by atoms with Gasteiger partial charge in [0.2, 0.25) is 0 Å². The Hall–Kier alpha value is 1.50. The topological polar surface area (TPSA) is 55.4 Å². The summed E-state index contributed by atoms with van der Waals surface area (Å²) in [7, 11) is 1.78. The van der Waals surface area contributed by atoms with Crippen molar-refractivity contribution in [3.63, 3.8) is 0 Å². The van der Waals surface area contributed by atoms with Crippen LogP contribution < -0.4 is 0 Å². The Morgan fingerprint density at radius 2 is 1.39 bits per heavy atom. The van der Waals surface area contributed by atoms with Gasteiger partial charge in [-0.3, -0.25) is 0 Å². The smallest absolute Gasteiger partial charge is 0.284 e. The molecule has 0 aliphatic carbocycles. The second-order valence-electron chi connectivity index (χ2n) is 3.39. The second-order valence-corrected chi connectivity index (χ2v) is 16.5. The maximum atomic E-state index is 5.21. The summed E-state index contributed by atoms with van der Waals surface area (Å²) in [6.45, 7) is 1.06. The third-order valence-corrected chi connectivity index (χ3v) is 8.19. The largest absolute Gasteiger partial charge is 0.449 e. The molecule has 1 heterocycles. The number of hydrogen-bond donors (Lipinski definition) is 0. The highest BCUT2D eigenvalue weighted by atomic mass is 28.4. The molecule has 0 atom stereocenters. The Labute approximate surface area is 132 Å². The minimum Gasteiger partial charge on any atom is -0.449 e. The fourth-order valence-corrected chi connectivity index (χ4v) is 9.85. The van der Waals surface area contributed by atoms with Crippen LogP contribution in [0.3, 0.4) is 0 Å². The average molecular weight is 397 g/mol. The van der Waals surface area contributed by atoms with Crippen molar-refractivity contribution in [3.8, 4) is 0 Å². The van der Waals surface area contributed by atoms with Crippen LogP contribution in [-0.2, 0) is 25.0 Å². The first-order valence-electron chi connectivity index (χ1n) is 5.94. The molecule has 1 aliphatic heterocycles. The standard InChI is InChI=1S/C4H10OSi.H10O3Si4.H8O2Si3/c1-2-4-6-5-3-1;4-1-6-3-7-2-5;3-1-5-2-4/h1-4,6H2;6-7H2,4-5H3;5H2,3-4H3. The minimum absolute atomic E-state index is 0.00849. The van der Waals surface area contributed by atoms with Gasteiger partial charge >= 0.3 is 0 Å². The molecule has 1 aliphatic rings. The molecule has 0 amide bonds. The molecule has 0 N–H and O–H groups in total. The predicted molar refractivity (Wildman–Crippen MR) is 99.3 cm³/mol. The van der Waals surface area contributed by atoms with Crippen molar-refractivity contribution in [1.29, 1.82) is 0 Å². The fraction of sp³-hybridized carbons (Fsp3) is 1.00. The van der Waals surface area contributed by atoms with E-state index in [2.05, 4.69) is 0 Å². The van der Waals surface area contributed by atoms with E-state index >= 15 is 0 Å². The van der Waals surface area contributed by atoms with Gasteiger partial charge in [-0.25, -0.2) is 0 Å². The van der Waals surface area contributed by atoms with Crippen molar-refractivity contribution in [2.45, 2.75) is 18.9 Å². The van der Waals surface area contributed by atoms with Crippen LogP contribution >= 0.6 is 0 Å². The van der Waals surface area contributed by atoms with Crippen LogP contribution in [0, 0.1) is 0 Å². The first kappa shape index (κ1) is 21.8. The molecule has 1 fully saturated rings. The van der Waals surface area contributed by atoms with Gasteiger partial charge in [0.1, 0.15) is 41.9 Å². The van der Waals surface area contributed by atoms with Gasteiger partial charge in [-0.15, -0.1) is 0 Å². The molecule has 14 heteroatoms. The summed E-state index contributed by atoms with van der Waals surface area (Å²) >= 11 is 0. The molecule has 112 valence electrons. The van der Waals surface area contributed by atoms with Crippen molar-refractivity contribution < 1.29 is 25.0 Å². The molecule has 1 rings (SSSR count). The van der Waals surface area contributed by atoms with Crippen LogP contribution in [-0.4, -0.2) is 88.3 Å². The van der Waals surface area contributed by atoms with Crippen LogP contribution in [0.15, 0.2) is 0 Å². The maximum Gasteiger partial charge on any atom is 0.284 e. The van der Waals surface area contributed by atoms with Gasteiger partial charge in [0.25, 0.3) is 30.0 Å². The van der Waals surface area contributed by atoms with E-state index in [-0.39, 0.29) is 9.76 Å². The van der Waals surface area contributed by atoms with Crippen LogP contribution in [0.2, 0.25) is 6.04 Å². The van der Waals surface area contributed by atoms with Crippen molar-refractivity contribution in [2.75, 3.05) is 6.61 Å². The molecule has 0 saturated carbocycles. The first-order chi connectivity index (χ1) is 8.83. The van der Waals surface area contributed by atoms with Crippen LogP contribution in [0.25, 0.3) is 0 Å². The molecule has 0 bridgehead atoms. The number of hydrogen-bond acceptors (Lipinski definition) is 6. The lowest BCUT2D eigenvalue weighted by atomic mass is 10.4. The quantitative estimate of drug-likeness (QED) is 0.328. The first-order valence-corrected chi connectivity index (χ1v) is 14.2. The van der Waals surface area contributed by atoms with Gasteiger partial charge in [-0.05, 0) is 12.5 Å². The van der Waals surface area contributed by atoms with Gasteiger partial charge in [0.15, 0.2) is 9.76 Å². The van der Waals surface area contributed by atoms with E-state index in [4.69, 9.17) is 25.0 Å². The minimum atomic E-state index is -0.569. The summed E-state index contributed by atoms with van der Waals surface area (Å²) in [4.78, 5) is 0. The molecule has 0 radical (unpaired) electrons. The second kappa shape index (κ2) is 23.6. The summed E-state index contributed by atoms with van der Waals surface area (Å²) in [6.07, 6.45) is 2.75. The predicted octanol–water partition coefficient (Wildman–Crippen LogP) is -7.53. The van der Waals surface area contributed by atoms with Gasteiger partial charge in [-0.2, -0.15) is 0 Å². The van der Waals surface area contributed by atoms with E-state index in [0.717, 1.165) is 48.6 Å². The fourth-order valence-electron chi connectivity index (χ4n) is 1.01. The van der Waals surface area contributed by atoms with Crippen molar-refractivity contribution in [3.05, 3.63) is 0 Å². The van der Waals surface area contributed by atoms with Crippen LogP contribution in [0.1, 0.15) is 12.8 Å². The zero-order valence-corrected chi connectivity index (χ0v) is 25.8. The summed E-state index contributed by atoms with van der Waals surface area (Å²) in [6, 6.07) is 1.42. The maximum absolute atomic E-state index is 5.21. The Bertz CT molecular complexity index is 113. The molecular formula is C4H28O6Si8. The Kier molecular flexibility index (Phi) is 28.5. The lowest BCUT2D eigenvalue weighted by Crippen LogP contribution is -2.08. The van der Waals surface area contributed by atoms with Crippen LogP contribution in [0.4, 0.5) is 0 Å². The summed E-state index contributed by atoms with van der Waals surface area (Å²) in [5, 5.41) is 0. The monoisotopic (exact) mass is 396 g/mol. The van der Waals surface area contributed by atoms with E-state index in [1.807, 2.05) is 0 Å². The van der Waals surface area contributed by atoms with Gasteiger partial charge in [0.05, 0.1) is 0 Å². The van der Waals surface area contributed by atoms with Crippen molar-refractivity contribution >= 4 is 81.7 Å². The molecule has 1 saturated heterocycles. The normalized spacial score (nSPS) is 18.0. The Balaban J connectivity index is 0. The van der Waals surface area contributed by atoms with Gasteiger partial charge < -0.3 is 25.0 Å². The molecule has 0 aromatic carbocycles. The molecule has 0 spiro atoms. The lowest BCUT2D eigenvalue weighted by Gasteiger charge is -2.07. The van der Waals surface area contributed by atoms with E-state index < -0.39 is 30.0 Å². The third-order valence-electron chi connectivity index (χ3n) is 1.72. The van der Waals surface area contributed by atoms with E-state index in [1.54, 1.807) is 0 Å². The molecule has 6 nitrogen and oxygen atoms in total. The molecular weight excluding hydrogens is 369 g/mol. The third kappa shape index (κ3) is 26.1. The van der Waals surface area contributed by atoms with Crippen molar-refractivity contribution in [1.82, 2.24) is 0 Å². The summed E-state index contributed by atoms with van der Waals surface area (Å²) < 4.78 is 29.5. The molecule has 18 heavy (non-hydrogen) atoms. The zero-order chi connectivity index (χ0) is 13.9. The van der Waals surface area contributed by atoms with Gasteiger partial charge in [-0.1, -0.05) is 6.42 Å². The number of rotatable bonds is 6. The zero-order valence-electron chi connectivity index (χ0n) is 12.1. The summed E-state index contributed by atoms with van der Waals surface area (Å²) in [5.41, 5.74) is 0. The Morgan fingerprint density at radius 3 is 1.56 bits per heavy atom. The highest BCUT2D eigenvalue weighted by Crippen LogP contribution is 2.01. The van der Waals surface area contributed by atoms with E-state index in [1.165, 1.54) is 18.9 Å². The Morgan fingerprint density at radius 1 is 0.833 bits per heavy atom.